The Morgan fingerprint density at radius 1 is 1.03 bits per heavy atom. The fourth-order valence-corrected chi connectivity index (χ4v) is 6.99. The van der Waals surface area contributed by atoms with Gasteiger partial charge in [-0.15, -0.1) is 0 Å². The van der Waals surface area contributed by atoms with Crippen molar-refractivity contribution in [1.82, 2.24) is 14.1 Å². The van der Waals surface area contributed by atoms with E-state index in [2.05, 4.69) is 18.7 Å². The fourth-order valence-electron chi connectivity index (χ4n) is 5.38. The van der Waals surface area contributed by atoms with Gasteiger partial charge in [-0.05, 0) is 63.6 Å². The lowest BCUT2D eigenvalue weighted by Crippen LogP contribution is -2.48. The number of piperidine rings is 2. The van der Waals surface area contributed by atoms with Gasteiger partial charge in [0.25, 0.3) is 5.91 Å². The number of ether oxygens (including phenoxy) is 1. The molecule has 2 unspecified atom stereocenters. The number of amides is 1. The lowest BCUT2D eigenvalue weighted by Gasteiger charge is -2.39. The monoisotopic (exact) mass is 481 g/mol. The molecule has 0 bridgehead atoms. The Hall–Kier alpha value is -1.55. The smallest absolute Gasteiger partial charge is 0.253 e. The molecular formula is C24H36FN3O4S. The molecule has 3 fully saturated rings. The lowest BCUT2D eigenvalue weighted by molar-refractivity contribution is -0.0728. The third kappa shape index (κ3) is 5.75. The number of rotatable bonds is 5. The highest BCUT2D eigenvalue weighted by molar-refractivity contribution is 7.89. The van der Waals surface area contributed by atoms with Crippen LogP contribution in [-0.2, 0) is 14.8 Å². The lowest BCUT2D eigenvalue weighted by atomic mass is 9.95. The van der Waals surface area contributed by atoms with Gasteiger partial charge in [-0.25, -0.2) is 12.8 Å². The highest BCUT2D eigenvalue weighted by atomic mass is 32.2. The number of nitrogens with zero attached hydrogens (tertiary/aromatic N) is 3. The van der Waals surface area contributed by atoms with Crippen LogP contribution in [0.2, 0.25) is 0 Å². The molecule has 1 aromatic carbocycles. The number of morpholine rings is 1. The first-order valence-corrected chi connectivity index (χ1v) is 13.6. The highest BCUT2D eigenvalue weighted by Gasteiger charge is 2.31. The minimum absolute atomic E-state index is 0.225. The number of hydrogen-bond acceptors (Lipinski definition) is 5. The summed E-state index contributed by atoms with van der Waals surface area (Å²) in [6.07, 6.45) is 4.83. The van der Waals surface area contributed by atoms with Crippen molar-refractivity contribution in [1.29, 1.82) is 0 Å². The number of carbonyl (C=O) groups excluding carboxylic acids is 1. The summed E-state index contributed by atoms with van der Waals surface area (Å²) in [6.45, 7) is 9.14. The average Bonchev–Trinajstić information content (AvgIpc) is 2.79. The van der Waals surface area contributed by atoms with E-state index in [1.807, 2.05) is 0 Å². The molecule has 1 aromatic rings. The summed E-state index contributed by atoms with van der Waals surface area (Å²) in [5.41, 5.74) is 0.237. The standard InChI is InChI=1S/C24H36FN3O4S/c1-18-15-26(16-19(2)32-18)17-20-8-12-27(13-9-20)24(29)21-6-7-22(25)23(14-21)33(30,31)28-10-4-3-5-11-28/h6-7,14,18-20H,3-5,8-13,15-17H2,1-2H3. The zero-order valence-electron chi connectivity index (χ0n) is 19.7. The van der Waals surface area contributed by atoms with Crippen LogP contribution in [0.25, 0.3) is 0 Å². The highest BCUT2D eigenvalue weighted by Crippen LogP contribution is 2.26. The van der Waals surface area contributed by atoms with Crippen LogP contribution in [0.4, 0.5) is 4.39 Å². The van der Waals surface area contributed by atoms with Crippen molar-refractivity contribution in [3.8, 4) is 0 Å². The maximum absolute atomic E-state index is 14.5. The first kappa shape index (κ1) is 24.6. The molecular weight excluding hydrogens is 445 g/mol. The number of likely N-dealkylation sites (tertiary alicyclic amines) is 1. The molecule has 3 heterocycles. The second-order valence-electron chi connectivity index (χ2n) is 9.82. The van der Waals surface area contributed by atoms with Gasteiger partial charge in [0, 0.05) is 51.4 Å². The van der Waals surface area contributed by atoms with Gasteiger partial charge in [0.15, 0.2) is 0 Å². The van der Waals surface area contributed by atoms with E-state index >= 15 is 0 Å². The van der Waals surface area contributed by atoms with Crippen molar-refractivity contribution in [2.45, 2.75) is 63.1 Å². The van der Waals surface area contributed by atoms with E-state index in [0.29, 0.717) is 32.1 Å². The molecule has 7 nitrogen and oxygen atoms in total. The first-order chi connectivity index (χ1) is 15.7. The molecule has 1 amide bonds. The molecule has 2 atom stereocenters. The Balaban J connectivity index is 1.38. The topological polar surface area (TPSA) is 70.2 Å². The van der Waals surface area contributed by atoms with Crippen LogP contribution in [-0.4, -0.2) is 86.5 Å². The summed E-state index contributed by atoms with van der Waals surface area (Å²) < 4.78 is 47.6. The first-order valence-electron chi connectivity index (χ1n) is 12.2. The molecule has 0 spiro atoms. The Bertz CT molecular complexity index is 933. The average molecular weight is 482 g/mol. The number of sulfonamides is 1. The van der Waals surface area contributed by atoms with Gasteiger partial charge in [-0.1, -0.05) is 6.42 Å². The zero-order chi connectivity index (χ0) is 23.6. The van der Waals surface area contributed by atoms with Gasteiger partial charge in [0.05, 0.1) is 12.2 Å². The van der Waals surface area contributed by atoms with Crippen LogP contribution in [0, 0.1) is 11.7 Å². The van der Waals surface area contributed by atoms with E-state index < -0.39 is 15.8 Å². The van der Waals surface area contributed by atoms with E-state index in [1.165, 1.54) is 16.4 Å². The summed E-state index contributed by atoms with van der Waals surface area (Å²) in [4.78, 5) is 17.0. The van der Waals surface area contributed by atoms with Crippen molar-refractivity contribution >= 4 is 15.9 Å². The predicted molar refractivity (Wildman–Crippen MR) is 124 cm³/mol. The molecule has 0 radical (unpaired) electrons. The molecule has 3 saturated heterocycles. The van der Waals surface area contributed by atoms with Crippen LogP contribution < -0.4 is 0 Å². The fraction of sp³-hybridized carbons (Fsp3) is 0.708. The Morgan fingerprint density at radius 2 is 1.67 bits per heavy atom. The minimum atomic E-state index is -3.94. The van der Waals surface area contributed by atoms with E-state index in [4.69, 9.17) is 4.74 Å². The van der Waals surface area contributed by atoms with Gasteiger partial charge < -0.3 is 9.64 Å². The van der Waals surface area contributed by atoms with Crippen molar-refractivity contribution in [2.75, 3.05) is 45.8 Å². The van der Waals surface area contributed by atoms with Crippen molar-refractivity contribution < 1.29 is 22.3 Å². The molecule has 0 saturated carbocycles. The van der Waals surface area contributed by atoms with Gasteiger partial charge in [0.1, 0.15) is 10.7 Å². The predicted octanol–water partition coefficient (Wildman–Crippen LogP) is 2.96. The van der Waals surface area contributed by atoms with E-state index in [9.17, 15) is 17.6 Å². The van der Waals surface area contributed by atoms with E-state index in [0.717, 1.165) is 57.8 Å². The van der Waals surface area contributed by atoms with Gasteiger partial charge in [-0.2, -0.15) is 4.31 Å². The summed E-state index contributed by atoms with van der Waals surface area (Å²) in [5, 5.41) is 0. The van der Waals surface area contributed by atoms with Crippen molar-refractivity contribution in [3.05, 3.63) is 29.6 Å². The normalized spacial score (nSPS) is 26.5. The molecule has 4 rings (SSSR count). The second-order valence-corrected chi connectivity index (χ2v) is 11.7. The second kappa shape index (κ2) is 10.4. The zero-order valence-corrected chi connectivity index (χ0v) is 20.5. The van der Waals surface area contributed by atoms with Gasteiger partial charge in [-0.3, -0.25) is 9.69 Å². The third-order valence-electron chi connectivity index (χ3n) is 7.02. The SMILES string of the molecule is CC1CN(CC2CCN(C(=O)c3ccc(F)c(S(=O)(=O)N4CCCCC4)c3)CC2)CC(C)O1. The molecule has 0 aromatic heterocycles. The Morgan fingerprint density at radius 3 is 2.30 bits per heavy atom. The quantitative estimate of drug-likeness (QED) is 0.647. The molecule has 3 aliphatic heterocycles. The van der Waals surface area contributed by atoms with Crippen LogP contribution in [0.5, 0.6) is 0 Å². The van der Waals surface area contributed by atoms with Crippen molar-refractivity contribution in [2.24, 2.45) is 5.92 Å². The molecule has 0 aliphatic carbocycles. The van der Waals surface area contributed by atoms with Crippen LogP contribution in [0.1, 0.15) is 56.3 Å². The summed E-state index contributed by atoms with van der Waals surface area (Å²) in [7, 11) is -3.94. The van der Waals surface area contributed by atoms with Crippen LogP contribution >= 0.6 is 0 Å². The molecule has 0 N–H and O–H groups in total. The summed E-state index contributed by atoms with van der Waals surface area (Å²) in [6, 6.07) is 3.73. The van der Waals surface area contributed by atoms with Crippen LogP contribution in [0.3, 0.4) is 0 Å². The van der Waals surface area contributed by atoms with Crippen LogP contribution in [0.15, 0.2) is 23.1 Å². The number of benzene rings is 1. The van der Waals surface area contributed by atoms with E-state index in [1.54, 1.807) is 4.90 Å². The number of halogens is 1. The maximum atomic E-state index is 14.5. The molecule has 184 valence electrons. The van der Waals surface area contributed by atoms with E-state index in [-0.39, 0.29) is 28.6 Å². The number of hydrogen-bond donors (Lipinski definition) is 0. The summed E-state index contributed by atoms with van der Waals surface area (Å²) >= 11 is 0. The molecule has 3 aliphatic rings. The third-order valence-corrected chi connectivity index (χ3v) is 8.94. The van der Waals surface area contributed by atoms with Crippen molar-refractivity contribution in [3.63, 3.8) is 0 Å². The Kier molecular flexibility index (Phi) is 7.73. The Labute approximate surface area is 196 Å². The maximum Gasteiger partial charge on any atom is 0.253 e. The molecule has 33 heavy (non-hydrogen) atoms. The summed E-state index contributed by atoms with van der Waals surface area (Å²) in [5.74, 6) is -0.503. The largest absolute Gasteiger partial charge is 0.373 e. The molecule has 9 heteroatoms. The van der Waals surface area contributed by atoms with Gasteiger partial charge in [0.2, 0.25) is 10.0 Å². The minimum Gasteiger partial charge on any atom is -0.373 e. The van der Waals surface area contributed by atoms with Gasteiger partial charge >= 0.3 is 0 Å². The number of carbonyl (C=O) groups is 1.